The lowest BCUT2D eigenvalue weighted by Gasteiger charge is -2.36. The number of aromatic nitrogens is 3. The van der Waals surface area contributed by atoms with Crippen molar-refractivity contribution < 1.29 is 4.79 Å². The first-order valence-electron chi connectivity index (χ1n) is 11.4. The van der Waals surface area contributed by atoms with Crippen molar-refractivity contribution in [2.24, 2.45) is 0 Å². The summed E-state index contributed by atoms with van der Waals surface area (Å²) in [7, 11) is 0. The molecule has 4 heterocycles. The molecule has 5 rings (SSSR count). The minimum absolute atomic E-state index is 0.0852. The summed E-state index contributed by atoms with van der Waals surface area (Å²) in [5.74, 6) is 1.80. The molecule has 2 aliphatic rings. The van der Waals surface area contributed by atoms with E-state index in [0.29, 0.717) is 5.56 Å². The van der Waals surface area contributed by atoms with Crippen LogP contribution in [0.4, 0.5) is 11.8 Å². The molecule has 2 saturated heterocycles. The normalized spacial score (nSPS) is 17.7. The van der Waals surface area contributed by atoms with Gasteiger partial charge in [0.05, 0.1) is 5.56 Å². The highest BCUT2D eigenvalue weighted by Gasteiger charge is 2.26. The predicted octanol–water partition coefficient (Wildman–Crippen LogP) is 2.13. The highest BCUT2D eigenvalue weighted by atomic mass is 16.2. The van der Waals surface area contributed by atoms with Crippen LogP contribution in [-0.2, 0) is 0 Å². The van der Waals surface area contributed by atoms with Gasteiger partial charge in [0, 0.05) is 76.3 Å². The Morgan fingerprint density at radius 2 is 1.47 bits per heavy atom. The molecule has 0 bridgehead atoms. The zero-order valence-electron chi connectivity index (χ0n) is 18.5. The molecule has 32 heavy (non-hydrogen) atoms. The van der Waals surface area contributed by atoms with Crippen LogP contribution in [0.2, 0.25) is 0 Å². The molecule has 0 unspecified atom stereocenters. The minimum Gasteiger partial charge on any atom is -0.353 e. The van der Waals surface area contributed by atoms with Crippen molar-refractivity contribution in [3.63, 3.8) is 0 Å². The average molecular weight is 432 g/mol. The Morgan fingerprint density at radius 3 is 2.16 bits per heavy atom. The van der Waals surface area contributed by atoms with Crippen molar-refractivity contribution in [3.05, 3.63) is 54.5 Å². The number of anilines is 2. The fourth-order valence-corrected chi connectivity index (χ4v) is 4.61. The molecule has 2 aliphatic heterocycles. The predicted molar refractivity (Wildman–Crippen MR) is 126 cm³/mol. The number of carbonyl (C=O) groups excluding carboxylic acids is 1. The second kappa shape index (κ2) is 9.08. The summed E-state index contributed by atoms with van der Waals surface area (Å²) in [6, 6.07) is 9.99. The molecular weight excluding hydrogens is 402 g/mol. The number of hydrogen-bond donors (Lipinski definition) is 0. The Balaban J connectivity index is 1.37. The van der Waals surface area contributed by atoms with Crippen molar-refractivity contribution in [3.8, 4) is 0 Å². The lowest BCUT2D eigenvalue weighted by Crippen LogP contribution is -2.48. The number of benzene rings is 1. The van der Waals surface area contributed by atoms with Gasteiger partial charge in [0.25, 0.3) is 5.91 Å². The average Bonchev–Trinajstić information content (AvgIpc) is 2.88. The van der Waals surface area contributed by atoms with E-state index in [0.717, 1.165) is 81.4 Å². The lowest BCUT2D eigenvalue weighted by molar-refractivity contribution is 0.0645. The van der Waals surface area contributed by atoms with Crippen LogP contribution >= 0.6 is 0 Å². The molecule has 0 atom stereocenters. The Bertz CT molecular complexity index is 1070. The van der Waals surface area contributed by atoms with Crippen LogP contribution in [0.15, 0.2) is 48.9 Å². The second-order valence-electron chi connectivity index (χ2n) is 8.29. The maximum atomic E-state index is 13.3. The van der Waals surface area contributed by atoms with Crippen LogP contribution in [0.5, 0.6) is 0 Å². The van der Waals surface area contributed by atoms with E-state index in [2.05, 4.69) is 37.7 Å². The van der Waals surface area contributed by atoms with Crippen LogP contribution in [-0.4, -0.2) is 89.6 Å². The molecule has 0 aliphatic carbocycles. The van der Waals surface area contributed by atoms with E-state index in [4.69, 9.17) is 4.98 Å². The Labute approximate surface area is 188 Å². The monoisotopic (exact) mass is 431 g/mol. The van der Waals surface area contributed by atoms with E-state index in [1.807, 2.05) is 29.2 Å². The summed E-state index contributed by atoms with van der Waals surface area (Å²) >= 11 is 0. The van der Waals surface area contributed by atoms with Gasteiger partial charge < -0.3 is 19.6 Å². The fourth-order valence-electron chi connectivity index (χ4n) is 4.61. The fraction of sp³-hybridized carbons (Fsp3) is 0.417. The maximum Gasteiger partial charge on any atom is 0.256 e. The standard InChI is InChI=1S/C24H29N7O/c1-2-28-10-12-30(13-11-28)23(32)21-18-27-22(20-7-4-3-6-19(20)21)29-14-16-31(17-15-29)24-25-8-5-9-26-24/h3-9,18H,2,10-17H2,1H3. The summed E-state index contributed by atoms with van der Waals surface area (Å²) in [5, 5.41) is 2.02. The van der Waals surface area contributed by atoms with E-state index in [9.17, 15) is 4.79 Å². The third-order valence-corrected chi connectivity index (χ3v) is 6.53. The van der Waals surface area contributed by atoms with Crippen LogP contribution in [0, 0.1) is 0 Å². The number of hydrogen-bond acceptors (Lipinski definition) is 7. The first-order chi connectivity index (χ1) is 15.7. The number of likely N-dealkylation sites (N-methyl/N-ethyl adjacent to an activating group) is 1. The largest absolute Gasteiger partial charge is 0.353 e. The van der Waals surface area contributed by atoms with Gasteiger partial charge in [0.1, 0.15) is 5.82 Å². The Kier molecular flexibility index (Phi) is 5.85. The lowest BCUT2D eigenvalue weighted by atomic mass is 10.0. The second-order valence-corrected chi connectivity index (χ2v) is 8.29. The van der Waals surface area contributed by atoms with E-state index in [-0.39, 0.29) is 5.91 Å². The van der Waals surface area contributed by atoms with Crippen molar-refractivity contribution >= 4 is 28.4 Å². The first-order valence-corrected chi connectivity index (χ1v) is 11.4. The molecule has 0 saturated carbocycles. The van der Waals surface area contributed by atoms with Crippen LogP contribution < -0.4 is 9.80 Å². The molecule has 8 nitrogen and oxygen atoms in total. The zero-order chi connectivity index (χ0) is 21.9. The molecule has 166 valence electrons. The highest BCUT2D eigenvalue weighted by molar-refractivity contribution is 6.09. The molecule has 2 aromatic heterocycles. The molecule has 8 heteroatoms. The van der Waals surface area contributed by atoms with Gasteiger partial charge in [-0.1, -0.05) is 31.2 Å². The van der Waals surface area contributed by atoms with E-state index in [1.165, 1.54) is 0 Å². The SMILES string of the molecule is CCN1CCN(C(=O)c2cnc(N3CCN(c4ncccn4)CC3)c3ccccc23)CC1. The first kappa shape index (κ1) is 20.6. The van der Waals surface area contributed by atoms with Crippen molar-refractivity contribution in [1.82, 2.24) is 24.8 Å². The number of rotatable bonds is 4. The van der Waals surface area contributed by atoms with Crippen molar-refractivity contribution in [1.29, 1.82) is 0 Å². The number of amides is 1. The van der Waals surface area contributed by atoms with Crippen LogP contribution in [0.3, 0.4) is 0 Å². The van der Waals surface area contributed by atoms with E-state index in [1.54, 1.807) is 18.6 Å². The Hall–Kier alpha value is -3.26. The summed E-state index contributed by atoms with van der Waals surface area (Å²) < 4.78 is 0. The van der Waals surface area contributed by atoms with Crippen molar-refractivity contribution in [2.45, 2.75) is 6.92 Å². The van der Waals surface area contributed by atoms with E-state index < -0.39 is 0 Å². The molecule has 1 aromatic carbocycles. The smallest absolute Gasteiger partial charge is 0.256 e. The van der Waals surface area contributed by atoms with Gasteiger partial charge in [-0.05, 0) is 18.0 Å². The van der Waals surface area contributed by atoms with Gasteiger partial charge in [-0.25, -0.2) is 15.0 Å². The molecule has 0 N–H and O–H groups in total. The van der Waals surface area contributed by atoms with Gasteiger partial charge in [0.15, 0.2) is 0 Å². The summed E-state index contributed by atoms with van der Waals surface area (Å²) in [5.41, 5.74) is 0.700. The molecular formula is C24H29N7O. The van der Waals surface area contributed by atoms with E-state index >= 15 is 0 Å². The van der Waals surface area contributed by atoms with Gasteiger partial charge in [0.2, 0.25) is 5.95 Å². The van der Waals surface area contributed by atoms with Crippen LogP contribution in [0.25, 0.3) is 10.8 Å². The zero-order valence-corrected chi connectivity index (χ0v) is 18.5. The number of piperazine rings is 2. The molecule has 0 radical (unpaired) electrons. The summed E-state index contributed by atoms with van der Waals surface area (Å²) in [6.45, 7) is 9.94. The van der Waals surface area contributed by atoms with Gasteiger partial charge in [-0.15, -0.1) is 0 Å². The third-order valence-electron chi connectivity index (χ3n) is 6.53. The summed E-state index contributed by atoms with van der Waals surface area (Å²) in [4.78, 5) is 35.7. The van der Waals surface area contributed by atoms with Gasteiger partial charge in [-0.3, -0.25) is 4.79 Å². The number of fused-ring (bicyclic) bond motifs is 1. The number of carbonyl (C=O) groups is 1. The van der Waals surface area contributed by atoms with Crippen molar-refractivity contribution in [2.75, 3.05) is 68.7 Å². The number of nitrogens with zero attached hydrogens (tertiary/aromatic N) is 7. The Morgan fingerprint density at radius 1 is 0.812 bits per heavy atom. The molecule has 0 spiro atoms. The third kappa shape index (κ3) is 3.98. The molecule has 1 amide bonds. The van der Waals surface area contributed by atoms with Crippen LogP contribution in [0.1, 0.15) is 17.3 Å². The highest BCUT2D eigenvalue weighted by Crippen LogP contribution is 2.29. The van der Waals surface area contributed by atoms with Gasteiger partial charge in [-0.2, -0.15) is 0 Å². The maximum absolute atomic E-state index is 13.3. The molecule has 2 fully saturated rings. The molecule has 3 aromatic rings. The minimum atomic E-state index is 0.0852. The quantitative estimate of drug-likeness (QED) is 0.627. The summed E-state index contributed by atoms with van der Waals surface area (Å²) in [6.07, 6.45) is 5.34. The van der Waals surface area contributed by atoms with Gasteiger partial charge >= 0.3 is 0 Å². The number of pyridine rings is 1. The topological polar surface area (TPSA) is 68.7 Å².